The fraction of sp³-hybridized carbons (Fsp3) is 0.118. The lowest BCUT2D eigenvalue weighted by Crippen LogP contribution is -2.16. The third-order valence-corrected chi connectivity index (χ3v) is 3.15. The minimum atomic E-state index is -1.04. The Morgan fingerprint density at radius 2 is 1.52 bits per heavy atom. The summed E-state index contributed by atoms with van der Waals surface area (Å²) in [6.07, 6.45) is -0.299. The number of ether oxygens (including phenoxy) is 1. The van der Waals surface area contributed by atoms with E-state index >= 15 is 0 Å². The number of hydrogen-bond acceptors (Lipinski definition) is 4. The van der Waals surface area contributed by atoms with Gasteiger partial charge in [0.05, 0.1) is 19.1 Å². The molecule has 2 aromatic rings. The molecule has 0 aliphatic heterocycles. The number of amides is 1. The first kappa shape index (κ1) is 16.2. The van der Waals surface area contributed by atoms with Crippen molar-refractivity contribution in [2.24, 2.45) is 0 Å². The molecule has 0 unspecified atom stereocenters. The van der Waals surface area contributed by atoms with Crippen molar-refractivity contribution >= 4 is 23.3 Å². The molecule has 0 aliphatic rings. The zero-order chi connectivity index (χ0) is 16.8. The van der Waals surface area contributed by atoms with E-state index in [2.05, 4.69) is 5.32 Å². The number of carbonyl (C=O) groups is 3. The number of nitrogens with one attached hydrogen (secondary N) is 1. The van der Waals surface area contributed by atoms with Gasteiger partial charge in [0.1, 0.15) is 5.75 Å². The van der Waals surface area contributed by atoms with E-state index in [4.69, 9.17) is 9.84 Å². The number of ketones is 1. The van der Waals surface area contributed by atoms with Crippen LogP contribution in [0.4, 0.5) is 5.69 Å². The van der Waals surface area contributed by atoms with Crippen molar-refractivity contribution in [3.63, 3.8) is 0 Å². The molecule has 0 bridgehead atoms. The topological polar surface area (TPSA) is 92.7 Å². The largest absolute Gasteiger partial charge is 0.497 e. The van der Waals surface area contributed by atoms with Crippen molar-refractivity contribution in [2.75, 3.05) is 12.4 Å². The summed E-state index contributed by atoms with van der Waals surface area (Å²) in [5, 5.41) is 11.4. The molecule has 0 saturated heterocycles. The van der Waals surface area contributed by atoms with Crippen molar-refractivity contribution < 1.29 is 24.2 Å². The van der Waals surface area contributed by atoms with Crippen LogP contribution in [0, 0.1) is 0 Å². The van der Waals surface area contributed by atoms with Gasteiger partial charge in [0, 0.05) is 11.3 Å². The smallest absolute Gasteiger partial charge is 0.335 e. The molecule has 0 saturated carbocycles. The fourth-order valence-electron chi connectivity index (χ4n) is 1.93. The third kappa shape index (κ3) is 4.41. The zero-order valence-electron chi connectivity index (χ0n) is 12.4. The molecule has 2 aromatic carbocycles. The second kappa shape index (κ2) is 7.22. The van der Waals surface area contributed by atoms with Crippen molar-refractivity contribution in [2.45, 2.75) is 6.42 Å². The number of carbonyl (C=O) groups excluding carboxylic acids is 2. The highest BCUT2D eigenvalue weighted by atomic mass is 16.5. The molecule has 0 atom stereocenters. The van der Waals surface area contributed by atoms with Crippen LogP contribution in [0.25, 0.3) is 0 Å². The molecule has 2 N–H and O–H groups in total. The molecule has 1 amide bonds. The molecule has 23 heavy (non-hydrogen) atoms. The van der Waals surface area contributed by atoms with Crippen molar-refractivity contribution in [1.82, 2.24) is 0 Å². The molecule has 0 spiro atoms. The third-order valence-electron chi connectivity index (χ3n) is 3.15. The molecule has 0 aromatic heterocycles. The second-order valence-corrected chi connectivity index (χ2v) is 4.76. The maximum absolute atomic E-state index is 12.0. The monoisotopic (exact) mass is 313 g/mol. The summed E-state index contributed by atoms with van der Waals surface area (Å²) in [5.41, 5.74) is 0.974. The van der Waals surface area contributed by atoms with Gasteiger partial charge in [-0.1, -0.05) is 0 Å². The van der Waals surface area contributed by atoms with Crippen LogP contribution in [0.5, 0.6) is 5.75 Å². The lowest BCUT2D eigenvalue weighted by molar-refractivity contribution is -0.115. The van der Waals surface area contributed by atoms with E-state index in [0.29, 0.717) is 17.0 Å². The highest BCUT2D eigenvalue weighted by Gasteiger charge is 2.12. The number of carboxylic acid groups (broad SMARTS) is 1. The van der Waals surface area contributed by atoms with Gasteiger partial charge in [-0.3, -0.25) is 9.59 Å². The van der Waals surface area contributed by atoms with Crippen LogP contribution >= 0.6 is 0 Å². The van der Waals surface area contributed by atoms with Gasteiger partial charge in [0.15, 0.2) is 5.78 Å². The van der Waals surface area contributed by atoms with Gasteiger partial charge in [0.25, 0.3) is 0 Å². The van der Waals surface area contributed by atoms with E-state index in [1.807, 2.05) is 0 Å². The normalized spacial score (nSPS) is 9.96. The number of hydrogen-bond donors (Lipinski definition) is 2. The molecule has 0 aliphatic carbocycles. The summed E-state index contributed by atoms with van der Waals surface area (Å²) in [6.45, 7) is 0. The van der Waals surface area contributed by atoms with Gasteiger partial charge in [-0.15, -0.1) is 0 Å². The predicted octanol–water partition coefficient (Wildman–Crippen LogP) is 2.60. The Balaban J connectivity index is 1.95. The minimum Gasteiger partial charge on any atom is -0.497 e. The van der Waals surface area contributed by atoms with E-state index in [1.165, 1.54) is 31.4 Å². The van der Waals surface area contributed by atoms with Crippen LogP contribution in [-0.2, 0) is 4.79 Å². The zero-order valence-corrected chi connectivity index (χ0v) is 12.4. The number of anilines is 1. The van der Waals surface area contributed by atoms with Crippen LogP contribution in [0.3, 0.4) is 0 Å². The lowest BCUT2D eigenvalue weighted by atomic mass is 10.1. The molecule has 0 heterocycles. The van der Waals surface area contributed by atoms with Gasteiger partial charge >= 0.3 is 5.97 Å². The highest BCUT2D eigenvalue weighted by molar-refractivity contribution is 6.11. The number of methoxy groups -OCH3 is 1. The molecule has 6 nitrogen and oxygen atoms in total. The average molecular weight is 313 g/mol. The Hall–Kier alpha value is -3.15. The number of rotatable bonds is 6. The second-order valence-electron chi connectivity index (χ2n) is 4.76. The lowest BCUT2D eigenvalue weighted by Gasteiger charge is -2.06. The van der Waals surface area contributed by atoms with Crippen LogP contribution < -0.4 is 10.1 Å². The number of benzene rings is 2. The number of carboxylic acids is 1. The SMILES string of the molecule is COc1ccc(C(=O)CC(=O)Nc2ccc(C(=O)O)cc2)cc1. The van der Waals surface area contributed by atoms with Gasteiger partial charge < -0.3 is 15.2 Å². The first-order valence-corrected chi connectivity index (χ1v) is 6.80. The summed E-state index contributed by atoms with van der Waals surface area (Å²) in [4.78, 5) is 34.6. The Morgan fingerprint density at radius 3 is 2.04 bits per heavy atom. The molecule has 118 valence electrons. The molecule has 6 heteroatoms. The summed E-state index contributed by atoms with van der Waals surface area (Å²) in [5.74, 6) is -1.19. The fourth-order valence-corrected chi connectivity index (χ4v) is 1.93. The van der Waals surface area contributed by atoms with Gasteiger partial charge in [-0.05, 0) is 48.5 Å². The Bertz CT molecular complexity index is 720. The Labute approximate surface area is 132 Å². The van der Waals surface area contributed by atoms with Crippen LogP contribution in [-0.4, -0.2) is 29.9 Å². The van der Waals surface area contributed by atoms with E-state index in [0.717, 1.165) is 0 Å². The van der Waals surface area contributed by atoms with E-state index in [-0.39, 0.29) is 17.8 Å². The predicted molar refractivity (Wildman–Crippen MR) is 84.0 cm³/mol. The van der Waals surface area contributed by atoms with E-state index in [9.17, 15) is 14.4 Å². The highest BCUT2D eigenvalue weighted by Crippen LogP contribution is 2.14. The summed E-state index contributed by atoms with van der Waals surface area (Å²) >= 11 is 0. The van der Waals surface area contributed by atoms with Crippen LogP contribution in [0.1, 0.15) is 27.1 Å². The number of Topliss-reactive ketones (excluding diaryl/α,β-unsaturated/α-hetero) is 1. The average Bonchev–Trinajstić information content (AvgIpc) is 2.55. The van der Waals surface area contributed by atoms with Gasteiger partial charge in [-0.25, -0.2) is 4.79 Å². The van der Waals surface area contributed by atoms with Crippen molar-refractivity contribution in [3.8, 4) is 5.75 Å². The van der Waals surface area contributed by atoms with Gasteiger partial charge in [0.2, 0.25) is 5.91 Å². The summed E-state index contributed by atoms with van der Waals surface area (Å²) < 4.78 is 5.00. The maximum atomic E-state index is 12.0. The first-order chi connectivity index (χ1) is 11.0. The minimum absolute atomic E-state index is 0.123. The number of aromatic carboxylic acids is 1. The van der Waals surface area contributed by atoms with E-state index < -0.39 is 11.9 Å². The van der Waals surface area contributed by atoms with E-state index in [1.54, 1.807) is 24.3 Å². The maximum Gasteiger partial charge on any atom is 0.335 e. The molecule has 0 fully saturated rings. The van der Waals surface area contributed by atoms with Gasteiger partial charge in [-0.2, -0.15) is 0 Å². The molecular weight excluding hydrogens is 298 g/mol. The Kier molecular flexibility index (Phi) is 5.09. The summed E-state index contributed by atoms with van der Waals surface area (Å²) in [6, 6.07) is 12.2. The summed E-state index contributed by atoms with van der Waals surface area (Å²) in [7, 11) is 1.53. The quantitative estimate of drug-likeness (QED) is 0.631. The van der Waals surface area contributed by atoms with Crippen molar-refractivity contribution in [1.29, 1.82) is 0 Å². The molecule has 2 rings (SSSR count). The molecular formula is C17H15NO5. The van der Waals surface area contributed by atoms with Crippen LogP contribution in [0.15, 0.2) is 48.5 Å². The molecule has 0 radical (unpaired) electrons. The van der Waals surface area contributed by atoms with Crippen molar-refractivity contribution in [3.05, 3.63) is 59.7 Å². The Morgan fingerprint density at radius 1 is 0.957 bits per heavy atom. The first-order valence-electron chi connectivity index (χ1n) is 6.80. The standard InChI is InChI=1S/C17H15NO5/c1-23-14-8-4-11(5-9-14)15(19)10-16(20)18-13-6-2-12(3-7-13)17(21)22/h2-9H,10H2,1H3,(H,18,20)(H,21,22). The van der Waals surface area contributed by atoms with Crippen LogP contribution in [0.2, 0.25) is 0 Å².